The number of hydrogen-bond acceptors (Lipinski definition) is 3. The summed E-state index contributed by atoms with van der Waals surface area (Å²) >= 11 is 3.41. The molecule has 4 aromatic rings. The van der Waals surface area contributed by atoms with Crippen molar-refractivity contribution >= 4 is 44.7 Å². The van der Waals surface area contributed by atoms with Gasteiger partial charge in [-0.3, -0.25) is 9.59 Å². The van der Waals surface area contributed by atoms with Crippen molar-refractivity contribution in [1.82, 2.24) is 15.6 Å². The molecular formula is C27H24BrN3O3. The van der Waals surface area contributed by atoms with Crippen molar-refractivity contribution in [2.75, 3.05) is 13.7 Å². The van der Waals surface area contributed by atoms with E-state index in [2.05, 4.69) is 37.6 Å². The van der Waals surface area contributed by atoms with E-state index >= 15 is 0 Å². The highest BCUT2D eigenvalue weighted by molar-refractivity contribution is 9.10. The number of aromatic amines is 1. The average Bonchev–Trinajstić information content (AvgIpc) is 3.28. The van der Waals surface area contributed by atoms with Crippen LogP contribution in [0.5, 0.6) is 5.75 Å². The summed E-state index contributed by atoms with van der Waals surface area (Å²) in [6.07, 6.45) is 4.28. The Hall–Kier alpha value is -3.84. The lowest BCUT2D eigenvalue weighted by molar-refractivity contribution is -0.117. The highest BCUT2D eigenvalue weighted by Crippen LogP contribution is 2.18. The highest BCUT2D eigenvalue weighted by atomic mass is 79.9. The second kappa shape index (κ2) is 10.9. The zero-order valence-corrected chi connectivity index (χ0v) is 20.2. The van der Waals surface area contributed by atoms with E-state index in [1.165, 1.54) is 0 Å². The predicted molar refractivity (Wildman–Crippen MR) is 138 cm³/mol. The first kappa shape index (κ1) is 23.3. The Morgan fingerprint density at radius 1 is 1.00 bits per heavy atom. The monoisotopic (exact) mass is 517 g/mol. The largest absolute Gasteiger partial charge is 0.497 e. The number of carbonyl (C=O) groups is 2. The number of carbonyl (C=O) groups excluding carboxylic acids is 2. The summed E-state index contributed by atoms with van der Waals surface area (Å²) in [5.41, 5.74) is 3.57. The third kappa shape index (κ3) is 5.74. The number of amides is 2. The van der Waals surface area contributed by atoms with Gasteiger partial charge in [-0.2, -0.15) is 0 Å². The van der Waals surface area contributed by atoms with Crippen LogP contribution in [0.3, 0.4) is 0 Å². The Balaban J connectivity index is 1.48. The van der Waals surface area contributed by atoms with Gasteiger partial charge in [0.25, 0.3) is 11.8 Å². The van der Waals surface area contributed by atoms with E-state index in [4.69, 9.17) is 4.74 Å². The van der Waals surface area contributed by atoms with Gasteiger partial charge in [-0.25, -0.2) is 0 Å². The minimum atomic E-state index is -0.377. The van der Waals surface area contributed by atoms with Crippen molar-refractivity contribution in [2.24, 2.45) is 0 Å². The van der Waals surface area contributed by atoms with Gasteiger partial charge in [0.1, 0.15) is 11.4 Å². The quantitative estimate of drug-likeness (QED) is 0.285. The van der Waals surface area contributed by atoms with Gasteiger partial charge in [-0.05, 0) is 66.1 Å². The van der Waals surface area contributed by atoms with E-state index in [0.29, 0.717) is 24.3 Å². The molecule has 0 spiro atoms. The molecule has 0 saturated carbocycles. The third-order valence-electron chi connectivity index (χ3n) is 5.38. The second-order valence-electron chi connectivity index (χ2n) is 7.66. The number of benzene rings is 3. The topological polar surface area (TPSA) is 83.2 Å². The van der Waals surface area contributed by atoms with Crippen LogP contribution in [0.1, 0.15) is 21.5 Å². The van der Waals surface area contributed by atoms with Crippen LogP contribution >= 0.6 is 15.9 Å². The Morgan fingerprint density at radius 3 is 2.47 bits per heavy atom. The smallest absolute Gasteiger partial charge is 0.267 e. The Labute approximate surface area is 206 Å². The number of nitrogens with one attached hydrogen (secondary N) is 3. The number of para-hydroxylation sites is 1. The van der Waals surface area contributed by atoms with Crippen molar-refractivity contribution < 1.29 is 14.3 Å². The van der Waals surface area contributed by atoms with E-state index in [1.807, 2.05) is 48.7 Å². The van der Waals surface area contributed by atoms with Crippen molar-refractivity contribution in [3.8, 4) is 5.75 Å². The molecule has 3 N–H and O–H groups in total. The van der Waals surface area contributed by atoms with Crippen LogP contribution in [0.25, 0.3) is 17.0 Å². The van der Waals surface area contributed by atoms with E-state index < -0.39 is 0 Å². The molecule has 0 fully saturated rings. The van der Waals surface area contributed by atoms with Gasteiger partial charge in [-0.1, -0.05) is 46.3 Å². The van der Waals surface area contributed by atoms with Gasteiger partial charge in [0, 0.05) is 33.7 Å². The summed E-state index contributed by atoms with van der Waals surface area (Å²) in [6, 6.07) is 22.2. The van der Waals surface area contributed by atoms with E-state index in [9.17, 15) is 9.59 Å². The van der Waals surface area contributed by atoms with Gasteiger partial charge in [0.05, 0.1) is 7.11 Å². The molecule has 0 aliphatic carbocycles. The summed E-state index contributed by atoms with van der Waals surface area (Å²) in [4.78, 5) is 29.1. The molecule has 0 radical (unpaired) electrons. The standard InChI is InChI=1S/C27H24BrN3O3/c1-34-22-12-8-19(9-13-22)26(32)31-25(16-18-6-10-21(28)11-7-18)27(33)29-15-14-20-17-30-24-5-3-2-4-23(20)24/h2-13,16-17,30H,14-15H2,1H3,(H,29,33)(H,31,32)/b25-16+. The molecule has 4 rings (SSSR count). The molecule has 0 saturated heterocycles. The fourth-order valence-electron chi connectivity index (χ4n) is 3.57. The lowest BCUT2D eigenvalue weighted by atomic mass is 10.1. The molecule has 6 nitrogen and oxygen atoms in total. The number of hydrogen-bond donors (Lipinski definition) is 3. The summed E-state index contributed by atoms with van der Waals surface area (Å²) in [7, 11) is 1.56. The zero-order valence-electron chi connectivity index (χ0n) is 18.6. The maximum atomic E-state index is 13.0. The van der Waals surface area contributed by atoms with E-state index in [1.54, 1.807) is 37.5 Å². The van der Waals surface area contributed by atoms with Crippen LogP contribution in [0.15, 0.2) is 89.2 Å². The zero-order chi connectivity index (χ0) is 23.9. The third-order valence-corrected chi connectivity index (χ3v) is 5.91. The van der Waals surface area contributed by atoms with Gasteiger partial charge in [-0.15, -0.1) is 0 Å². The molecule has 0 aliphatic rings. The summed E-state index contributed by atoms with van der Waals surface area (Å²) in [6.45, 7) is 0.427. The molecule has 0 bridgehead atoms. The molecule has 3 aromatic carbocycles. The first-order valence-corrected chi connectivity index (χ1v) is 11.6. The lowest BCUT2D eigenvalue weighted by Gasteiger charge is -2.12. The first-order chi connectivity index (χ1) is 16.5. The normalized spacial score (nSPS) is 11.3. The average molecular weight is 518 g/mol. The Bertz CT molecular complexity index is 1330. The van der Waals surface area contributed by atoms with Crippen molar-refractivity contribution in [1.29, 1.82) is 0 Å². The van der Waals surface area contributed by atoms with E-state index in [-0.39, 0.29) is 17.5 Å². The van der Waals surface area contributed by atoms with Crippen LogP contribution in [0.4, 0.5) is 0 Å². The van der Waals surface area contributed by atoms with Gasteiger partial charge >= 0.3 is 0 Å². The number of rotatable bonds is 8. The van der Waals surface area contributed by atoms with Crippen LogP contribution in [-0.2, 0) is 11.2 Å². The van der Waals surface area contributed by atoms with Gasteiger partial charge in [0.2, 0.25) is 0 Å². The van der Waals surface area contributed by atoms with Crippen LogP contribution in [0, 0.1) is 0 Å². The van der Waals surface area contributed by atoms with Crippen LogP contribution < -0.4 is 15.4 Å². The maximum absolute atomic E-state index is 13.0. The molecule has 0 unspecified atom stereocenters. The van der Waals surface area contributed by atoms with E-state index in [0.717, 1.165) is 26.5 Å². The van der Waals surface area contributed by atoms with Crippen molar-refractivity contribution in [3.63, 3.8) is 0 Å². The van der Waals surface area contributed by atoms with Crippen LogP contribution in [-0.4, -0.2) is 30.5 Å². The number of methoxy groups -OCH3 is 1. The summed E-state index contributed by atoms with van der Waals surface area (Å²) < 4.78 is 6.07. The number of aromatic nitrogens is 1. The van der Waals surface area contributed by atoms with Crippen molar-refractivity contribution in [3.05, 3.63) is 106 Å². The Kier molecular flexibility index (Phi) is 7.44. The number of halogens is 1. The fraction of sp³-hybridized carbons (Fsp3) is 0.111. The first-order valence-electron chi connectivity index (χ1n) is 10.8. The Morgan fingerprint density at radius 2 is 1.74 bits per heavy atom. The summed E-state index contributed by atoms with van der Waals surface area (Å²) in [5, 5.41) is 6.82. The molecule has 0 atom stereocenters. The summed E-state index contributed by atoms with van der Waals surface area (Å²) in [5.74, 6) is -0.0837. The molecule has 1 aromatic heterocycles. The fourth-order valence-corrected chi connectivity index (χ4v) is 3.83. The predicted octanol–water partition coefficient (Wildman–Crippen LogP) is 5.07. The molecule has 1 heterocycles. The lowest BCUT2D eigenvalue weighted by Crippen LogP contribution is -2.35. The highest BCUT2D eigenvalue weighted by Gasteiger charge is 2.15. The molecule has 172 valence electrons. The molecular weight excluding hydrogens is 494 g/mol. The molecule has 2 amide bonds. The number of ether oxygens (including phenoxy) is 1. The van der Waals surface area contributed by atoms with Crippen molar-refractivity contribution in [2.45, 2.75) is 6.42 Å². The molecule has 0 aliphatic heterocycles. The van der Waals surface area contributed by atoms with Gasteiger partial charge in [0.15, 0.2) is 0 Å². The maximum Gasteiger partial charge on any atom is 0.267 e. The second-order valence-corrected chi connectivity index (χ2v) is 8.57. The molecule has 34 heavy (non-hydrogen) atoms. The minimum Gasteiger partial charge on any atom is -0.497 e. The number of fused-ring (bicyclic) bond motifs is 1. The van der Waals surface area contributed by atoms with Gasteiger partial charge < -0.3 is 20.4 Å². The minimum absolute atomic E-state index is 0.169. The molecule has 7 heteroatoms. The number of H-pyrrole nitrogens is 1. The van der Waals surface area contributed by atoms with Crippen LogP contribution in [0.2, 0.25) is 0 Å². The SMILES string of the molecule is COc1ccc(C(=O)N/C(=C/c2ccc(Br)cc2)C(=O)NCCc2c[nH]c3ccccc23)cc1.